The first-order valence-corrected chi connectivity index (χ1v) is 9.08. The Kier molecular flexibility index (Phi) is 7.91. The van der Waals surface area contributed by atoms with Crippen LogP contribution in [-0.4, -0.2) is 12.1 Å². The van der Waals surface area contributed by atoms with E-state index in [4.69, 9.17) is 5.26 Å². The molecule has 2 amide bonds. The third kappa shape index (κ3) is 7.33. The standard InChI is InChI=1S/C13H12F3N3O.C7H4F4O/c14-13(15,16)9-4-8(7-17)5-11(6-9)19-12(20)18-10-2-1-3-10;8-7(9,10)5-1-3-6(12-11)4-2-5/h4-6,10H,1-3H2,(H2,18,19,20);1-4H. The first-order valence-electron chi connectivity index (χ1n) is 9.08. The number of alkyl halides is 6. The van der Waals surface area contributed by atoms with Gasteiger partial charge in [-0.3, -0.25) is 4.94 Å². The molecule has 1 aliphatic rings. The summed E-state index contributed by atoms with van der Waals surface area (Å²) in [5.41, 5.74) is -1.99. The highest BCUT2D eigenvalue weighted by molar-refractivity contribution is 5.89. The molecule has 0 atom stereocenters. The van der Waals surface area contributed by atoms with Crippen molar-refractivity contribution in [3.05, 3.63) is 59.2 Å². The van der Waals surface area contributed by atoms with Gasteiger partial charge in [0.1, 0.15) is 0 Å². The number of nitrogens with one attached hydrogen (secondary N) is 2. The minimum atomic E-state index is -4.56. The van der Waals surface area contributed by atoms with Gasteiger partial charge in [-0.15, -0.1) is 0 Å². The van der Waals surface area contributed by atoms with Gasteiger partial charge in [-0.2, -0.15) is 31.6 Å². The van der Waals surface area contributed by atoms with E-state index in [0.717, 1.165) is 55.7 Å². The lowest BCUT2D eigenvalue weighted by molar-refractivity contribution is -0.138. The Labute approximate surface area is 177 Å². The molecule has 2 N–H and O–H groups in total. The van der Waals surface area contributed by atoms with Gasteiger partial charge in [0, 0.05) is 16.3 Å². The molecule has 1 aliphatic carbocycles. The molecular weight excluding hydrogens is 447 g/mol. The Morgan fingerprint density at radius 3 is 2.00 bits per heavy atom. The number of carbonyl (C=O) groups excluding carboxylic acids is 1. The van der Waals surface area contributed by atoms with Crippen molar-refractivity contribution in [3.63, 3.8) is 0 Å². The number of nitrogens with zero attached hydrogens (tertiary/aromatic N) is 1. The minimum Gasteiger partial charge on any atom is -0.335 e. The molecule has 2 aromatic rings. The van der Waals surface area contributed by atoms with Crippen molar-refractivity contribution in [2.75, 3.05) is 5.32 Å². The number of benzene rings is 2. The molecule has 1 fully saturated rings. The van der Waals surface area contributed by atoms with E-state index in [0.29, 0.717) is 0 Å². The Bertz CT molecular complexity index is 963. The fraction of sp³-hybridized carbons (Fsp3) is 0.300. The Hall–Kier alpha value is -3.49. The predicted octanol–water partition coefficient (Wildman–Crippen LogP) is 6.22. The molecule has 3 rings (SSSR count). The monoisotopic (exact) mass is 463 g/mol. The predicted molar refractivity (Wildman–Crippen MR) is 99.1 cm³/mol. The number of halogens is 7. The number of rotatable bonds is 3. The highest BCUT2D eigenvalue weighted by Gasteiger charge is 2.32. The average molecular weight is 463 g/mol. The van der Waals surface area contributed by atoms with Crippen molar-refractivity contribution in [3.8, 4) is 11.8 Å². The summed E-state index contributed by atoms with van der Waals surface area (Å²) >= 11 is 0. The third-order valence-electron chi connectivity index (χ3n) is 4.36. The molecule has 2 aromatic carbocycles. The number of hydrogen-bond donors (Lipinski definition) is 2. The number of anilines is 1. The van der Waals surface area contributed by atoms with Crippen LogP contribution in [0.4, 0.5) is 41.4 Å². The van der Waals surface area contributed by atoms with Crippen LogP contribution >= 0.6 is 0 Å². The number of urea groups is 1. The molecule has 172 valence electrons. The minimum absolute atomic E-state index is 0.0480. The van der Waals surface area contributed by atoms with Crippen LogP contribution in [0.25, 0.3) is 0 Å². The lowest BCUT2D eigenvalue weighted by Crippen LogP contribution is -2.41. The van der Waals surface area contributed by atoms with Crippen LogP contribution in [0.5, 0.6) is 5.75 Å². The van der Waals surface area contributed by atoms with Gasteiger partial charge in [0.15, 0.2) is 5.75 Å². The first kappa shape index (κ1) is 24.8. The van der Waals surface area contributed by atoms with Crippen LogP contribution in [0.15, 0.2) is 42.5 Å². The smallest absolute Gasteiger partial charge is 0.335 e. The van der Waals surface area contributed by atoms with Crippen molar-refractivity contribution in [2.24, 2.45) is 0 Å². The molecule has 0 aliphatic heterocycles. The van der Waals surface area contributed by atoms with E-state index in [1.54, 1.807) is 6.07 Å². The summed E-state index contributed by atoms with van der Waals surface area (Å²) in [6.07, 6.45) is -6.17. The van der Waals surface area contributed by atoms with Gasteiger partial charge in [0.05, 0.1) is 22.8 Å². The van der Waals surface area contributed by atoms with Gasteiger partial charge < -0.3 is 10.6 Å². The molecule has 0 bridgehead atoms. The summed E-state index contributed by atoms with van der Waals surface area (Å²) in [5, 5.41) is 13.7. The van der Waals surface area contributed by atoms with Crippen molar-refractivity contribution in [2.45, 2.75) is 37.7 Å². The Morgan fingerprint density at radius 2 is 1.56 bits per heavy atom. The van der Waals surface area contributed by atoms with Gasteiger partial charge in [-0.25, -0.2) is 4.79 Å². The number of hydrogen-bond acceptors (Lipinski definition) is 3. The Balaban J connectivity index is 0.000000258. The second-order valence-electron chi connectivity index (χ2n) is 6.73. The molecule has 32 heavy (non-hydrogen) atoms. The van der Waals surface area contributed by atoms with Gasteiger partial charge in [0.25, 0.3) is 0 Å². The molecular formula is C20H16F7N3O2. The van der Waals surface area contributed by atoms with Gasteiger partial charge in [-0.1, -0.05) is 0 Å². The average Bonchev–Trinajstić information content (AvgIpc) is 2.69. The van der Waals surface area contributed by atoms with E-state index in [1.165, 1.54) is 6.07 Å². The zero-order valence-electron chi connectivity index (χ0n) is 16.1. The van der Waals surface area contributed by atoms with Gasteiger partial charge >= 0.3 is 18.4 Å². The quantitative estimate of drug-likeness (QED) is 0.531. The van der Waals surface area contributed by atoms with Crippen LogP contribution < -0.4 is 15.6 Å². The summed E-state index contributed by atoms with van der Waals surface area (Å²) in [7, 11) is 0. The zero-order chi connectivity index (χ0) is 23.9. The molecule has 1 saturated carbocycles. The maximum absolute atomic E-state index is 12.7. The highest BCUT2D eigenvalue weighted by atomic mass is 19.4. The lowest BCUT2D eigenvalue weighted by Gasteiger charge is -2.26. The van der Waals surface area contributed by atoms with Crippen LogP contribution in [0.3, 0.4) is 0 Å². The molecule has 0 unspecified atom stereocenters. The molecule has 0 heterocycles. The van der Waals surface area contributed by atoms with Crippen molar-refractivity contribution >= 4 is 11.7 Å². The normalized spacial score (nSPS) is 13.7. The first-order chi connectivity index (χ1) is 14.9. The second-order valence-corrected chi connectivity index (χ2v) is 6.73. The van der Waals surface area contributed by atoms with Crippen LogP contribution in [0.1, 0.15) is 36.0 Å². The molecule has 0 saturated heterocycles. The number of carbonyl (C=O) groups is 1. The van der Waals surface area contributed by atoms with Crippen LogP contribution in [0, 0.1) is 11.3 Å². The van der Waals surface area contributed by atoms with E-state index in [-0.39, 0.29) is 23.0 Å². The van der Waals surface area contributed by atoms with E-state index in [9.17, 15) is 35.7 Å². The van der Waals surface area contributed by atoms with Crippen LogP contribution in [0.2, 0.25) is 0 Å². The van der Waals surface area contributed by atoms with E-state index in [2.05, 4.69) is 15.6 Å². The van der Waals surface area contributed by atoms with Gasteiger partial charge in [-0.05, 0) is 61.7 Å². The summed E-state index contributed by atoms with van der Waals surface area (Å²) in [5.74, 6) is -0.247. The highest BCUT2D eigenvalue weighted by Crippen LogP contribution is 2.32. The van der Waals surface area contributed by atoms with Crippen molar-refractivity contribution in [1.29, 1.82) is 5.26 Å². The molecule has 0 spiro atoms. The third-order valence-corrected chi connectivity index (χ3v) is 4.36. The molecule has 5 nitrogen and oxygen atoms in total. The largest absolute Gasteiger partial charge is 0.416 e. The maximum atomic E-state index is 12.7. The van der Waals surface area contributed by atoms with Crippen molar-refractivity contribution < 1.29 is 40.6 Å². The second kappa shape index (κ2) is 10.2. The summed E-state index contributed by atoms with van der Waals surface area (Å²) in [6, 6.07) is 7.22. The fourth-order valence-corrected chi connectivity index (χ4v) is 2.53. The van der Waals surface area contributed by atoms with Crippen LogP contribution in [-0.2, 0) is 12.4 Å². The summed E-state index contributed by atoms with van der Waals surface area (Å²) < 4.78 is 85.0. The van der Waals surface area contributed by atoms with E-state index >= 15 is 0 Å². The maximum Gasteiger partial charge on any atom is 0.416 e. The SMILES string of the molecule is FOc1ccc(C(F)(F)F)cc1.N#Cc1cc(NC(=O)NC2CCC2)cc(C(F)(F)F)c1. The number of amides is 2. The zero-order valence-corrected chi connectivity index (χ0v) is 16.1. The van der Waals surface area contributed by atoms with Crippen molar-refractivity contribution in [1.82, 2.24) is 5.32 Å². The topological polar surface area (TPSA) is 74.1 Å². The summed E-state index contributed by atoms with van der Waals surface area (Å²) in [4.78, 5) is 14.8. The molecule has 0 aromatic heterocycles. The fourth-order valence-electron chi connectivity index (χ4n) is 2.53. The molecule has 12 heteroatoms. The lowest BCUT2D eigenvalue weighted by atomic mass is 9.93. The number of nitriles is 1. The Morgan fingerprint density at radius 1 is 0.969 bits per heavy atom. The summed E-state index contributed by atoms with van der Waals surface area (Å²) in [6.45, 7) is 0. The van der Waals surface area contributed by atoms with E-state index < -0.39 is 29.5 Å². The molecule has 0 radical (unpaired) electrons. The van der Waals surface area contributed by atoms with E-state index in [1.807, 2.05) is 0 Å². The van der Waals surface area contributed by atoms with Gasteiger partial charge in [0.2, 0.25) is 0 Å².